The first kappa shape index (κ1) is 16.7. The summed E-state index contributed by atoms with van der Waals surface area (Å²) in [5.41, 5.74) is 0.0619. The van der Waals surface area contributed by atoms with E-state index in [0.717, 1.165) is 18.2 Å². The molecule has 0 atom stereocenters. The lowest BCUT2D eigenvalue weighted by atomic mass is 10.2. The van der Waals surface area contributed by atoms with Crippen molar-refractivity contribution in [2.75, 3.05) is 6.54 Å². The van der Waals surface area contributed by atoms with Gasteiger partial charge in [0.05, 0.1) is 23.2 Å². The summed E-state index contributed by atoms with van der Waals surface area (Å²) in [7, 11) is -4.49. The summed E-state index contributed by atoms with van der Waals surface area (Å²) in [5, 5.41) is 8.19. The lowest BCUT2D eigenvalue weighted by Gasteiger charge is -2.16. The summed E-state index contributed by atoms with van der Waals surface area (Å²) in [4.78, 5) is -0.580. The van der Waals surface area contributed by atoms with Gasteiger partial charge in [-0.3, -0.25) is 0 Å². The van der Waals surface area contributed by atoms with E-state index >= 15 is 0 Å². The van der Waals surface area contributed by atoms with Crippen molar-refractivity contribution in [3.63, 3.8) is 0 Å². The average molecular weight is 331 g/mol. The first-order chi connectivity index (χ1) is 9.10. The minimum atomic E-state index is -4.49. The van der Waals surface area contributed by atoms with Gasteiger partial charge in [0.25, 0.3) is 0 Å². The van der Waals surface area contributed by atoms with Gasteiger partial charge >= 0.3 is 12.3 Å². The van der Waals surface area contributed by atoms with Crippen LogP contribution in [0, 0.1) is 11.3 Å². The molecule has 0 heterocycles. The van der Waals surface area contributed by atoms with E-state index in [-0.39, 0.29) is 10.6 Å². The zero-order valence-electron chi connectivity index (χ0n) is 9.58. The Morgan fingerprint density at radius 1 is 1.40 bits per heavy atom. The summed E-state index contributed by atoms with van der Waals surface area (Å²) in [6.07, 6.45) is -4.00. The highest BCUT2D eigenvalue weighted by Gasteiger charge is 2.41. The van der Waals surface area contributed by atoms with Crippen molar-refractivity contribution in [3.8, 4) is 6.07 Å². The molecule has 0 aliphatic rings. The Morgan fingerprint density at radius 3 is 2.45 bits per heavy atom. The van der Waals surface area contributed by atoms with Gasteiger partial charge in [0.2, 0.25) is 10.0 Å². The predicted molar refractivity (Wildman–Crippen MR) is 62.3 cm³/mol. The number of halogens is 5. The summed E-state index contributed by atoms with van der Waals surface area (Å²) in [6.45, 7) is -1.76. The second-order valence-electron chi connectivity index (χ2n) is 3.64. The second kappa shape index (κ2) is 5.95. The number of hydrogen-bond donors (Lipinski definition) is 1. The molecule has 110 valence electrons. The lowest BCUT2D eigenvalue weighted by molar-refractivity contribution is -0.122. The monoisotopic (exact) mass is 330 g/mol. The maximum atomic E-state index is 12.7. The van der Waals surface area contributed by atoms with E-state index in [2.05, 4.69) is 0 Å². The largest absolute Gasteiger partial charge is 0.320 e. The molecular formula is C10H7ClF4N2O2S. The topological polar surface area (TPSA) is 70.0 Å². The van der Waals surface area contributed by atoms with Crippen LogP contribution < -0.4 is 4.72 Å². The third kappa shape index (κ3) is 3.82. The van der Waals surface area contributed by atoms with Crippen LogP contribution in [0.4, 0.5) is 17.6 Å². The summed E-state index contributed by atoms with van der Waals surface area (Å²) >= 11 is 5.60. The fraction of sp³-hybridized carbons (Fsp3) is 0.300. The molecule has 0 bridgehead atoms. The lowest BCUT2D eigenvalue weighted by Crippen LogP contribution is -2.41. The Hall–Kier alpha value is -1.37. The molecule has 0 saturated heterocycles. The highest BCUT2D eigenvalue weighted by molar-refractivity contribution is 7.89. The van der Waals surface area contributed by atoms with Crippen LogP contribution in [0.15, 0.2) is 23.1 Å². The number of sulfonamides is 1. The van der Waals surface area contributed by atoms with E-state index in [1.165, 1.54) is 4.72 Å². The van der Waals surface area contributed by atoms with Crippen molar-refractivity contribution < 1.29 is 26.0 Å². The molecule has 1 rings (SSSR count). The van der Waals surface area contributed by atoms with E-state index in [1.807, 2.05) is 0 Å². The predicted octanol–water partition coefficient (Wildman–Crippen LogP) is 2.39. The molecule has 0 aliphatic carbocycles. The number of nitrogens with one attached hydrogen (secondary N) is 1. The Morgan fingerprint density at radius 2 is 2.00 bits per heavy atom. The molecule has 1 N–H and O–H groups in total. The normalized spacial score (nSPS) is 12.4. The van der Waals surface area contributed by atoms with E-state index in [0.29, 0.717) is 0 Å². The minimum absolute atomic E-state index is 0.0619. The molecule has 0 amide bonds. The summed E-state index contributed by atoms with van der Waals surface area (Å²) in [6, 6.07) is 4.74. The molecule has 0 unspecified atom stereocenters. The molecule has 0 spiro atoms. The van der Waals surface area contributed by atoms with Crippen molar-refractivity contribution >= 4 is 21.6 Å². The zero-order valence-corrected chi connectivity index (χ0v) is 11.2. The van der Waals surface area contributed by atoms with Crippen molar-refractivity contribution in [3.05, 3.63) is 28.8 Å². The van der Waals surface area contributed by atoms with Crippen LogP contribution in [-0.2, 0) is 10.0 Å². The van der Waals surface area contributed by atoms with Crippen molar-refractivity contribution in [1.82, 2.24) is 4.72 Å². The number of hydrogen-bond acceptors (Lipinski definition) is 3. The smallest absolute Gasteiger partial charge is 0.207 e. The van der Waals surface area contributed by atoms with Gasteiger partial charge in [-0.1, -0.05) is 11.6 Å². The Balaban J connectivity index is 2.99. The van der Waals surface area contributed by atoms with Crippen LogP contribution in [0.25, 0.3) is 0 Å². The van der Waals surface area contributed by atoms with Gasteiger partial charge in [0.15, 0.2) is 0 Å². The van der Waals surface area contributed by atoms with E-state index < -0.39 is 33.8 Å². The van der Waals surface area contributed by atoms with Gasteiger partial charge in [-0.25, -0.2) is 21.9 Å². The SMILES string of the molecule is N#Cc1ccc(S(=O)(=O)NCC(F)(F)C(F)F)c(Cl)c1. The fourth-order valence-corrected chi connectivity index (χ4v) is 2.72. The van der Waals surface area contributed by atoms with Crippen LogP contribution in [0.2, 0.25) is 5.02 Å². The van der Waals surface area contributed by atoms with Crippen LogP contribution in [-0.4, -0.2) is 27.3 Å². The molecular weight excluding hydrogens is 324 g/mol. The highest BCUT2D eigenvalue weighted by Crippen LogP contribution is 2.25. The maximum absolute atomic E-state index is 12.7. The third-order valence-corrected chi connectivity index (χ3v) is 4.05. The van der Waals surface area contributed by atoms with E-state index in [9.17, 15) is 26.0 Å². The Labute approximate surface area is 117 Å². The van der Waals surface area contributed by atoms with Crippen molar-refractivity contribution in [1.29, 1.82) is 5.26 Å². The van der Waals surface area contributed by atoms with Crippen LogP contribution >= 0.6 is 11.6 Å². The molecule has 0 radical (unpaired) electrons. The molecule has 0 aromatic heterocycles. The van der Waals surface area contributed by atoms with Gasteiger partial charge in [-0.15, -0.1) is 0 Å². The highest BCUT2D eigenvalue weighted by atomic mass is 35.5. The number of rotatable bonds is 5. The molecule has 10 heteroatoms. The van der Waals surface area contributed by atoms with Gasteiger partial charge in [-0.2, -0.15) is 14.0 Å². The van der Waals surface area contributed by atoms with Crippen LogP contribution in [0.3, 0.4) is 0 Å². The Kier molecular flexibility index (Phi) is 4.96. The van der Waals surface area contributed by atoms with Crippen LogP contribution in [0.5, 0.6) is 0 Å². The number of nitrogens with zero attached hydrogens (tertiary/aromatic N) is 1. The molecule has 4 nitrogen and oxygen atoms in total. The van der Waals surface area contributed by atoms with Crippen molar-refractivity contribution in [2.24, 2.45) is 0 Å². The quantitative estimate of drug-likeness (QED) is 0.843. The fourth-order valence-electron chi connectivity index (χ4n) is 1.13. The number of benzene rings is 1. The van der Waals surface area contributed by atoms with Crippen LogP contribution in [0.1, 0.15) is 5.56 Å². The molecule has 20 heavy (non-hydrogen) atoms. The molecule has 0 saturated carbocycles. The number of nitriles is 1. The summed E-state index contributed by atoms with van der Waals surface area (Å²) < 4.78 is 73.8. The van der Waals surface area contributed by atoms with E-state index in [4.69, 9.17) is 16.9 Å². The molecule has 0 fully saturated rings. The summed E-state index contributed by atoms with van der Waals surface area (Å²) in [5.74, 6) is -4.49. The molecule has 0 aliphatic heterocycles. The molecule has 1 aromatic rings. The molecule has 1 aromatic carbocycles. The third-order valence-electron chi connectivity index (χ3n) is 2.17. The first-order valence-electron chi connectivity index (χ1n) is 4.95. The van der Waals surface area contributed by atoms with E-state index in [1.54, 1.807) is 6.07 Å². The average Bonchev–Trinajstić information content (AvgIpc) is 2.36. The number of alkyl halides is 4. The van der Waals surface area contributed by atoms with Gasteiger partial charge < -0.3 is 0 Å². The van der Waals surface area contributed by atoms with Gasteiger partial charge in [-0.05, 0) is 18.2 Å². The van der Waals surface area contributed by atoms with Gasteiger partial charge in [0.1, 0.15) is 4.90 Å². The minimum Gasteiger partial charge on any atom is -0.207 e. The standard InChI is InChI=1S/C10H7ClF4N2O2S/c11-7-3-6(4-16)1-2-8(7)20(18,19)17-5-10(14,15)9(12)13/h1-3,9,17H,5H2. The Bertz CT molecular complexity index is 643. The first-order valence-corrected chi connectivity index (χ1v) is 6.81. The second-order valence-corrected chi connectivity index (χ2v) is 5.79. The van der Waals surface area contributed by atoms with Gasteiger partial charge in [0, 0.05) is 0 Å². The maximum Gasteiger partial charge on any atom is 0.320 e. The van der Waals surface area contributed by atoms with Crippen molar-refractivity contribution in [2.45, 2.75) is 17.2 Å². The zero-order chi connectivity index (χ0) is 15.6.